The van der Waals surface area contributed by atoms with Crippen molar-refractivity contribution in [3.8, 4) is 0 Å². The molecule has 2 amide bonds. The average Bonchev–Trinajstić information content (AvgIpc) is 2.71. The fraction of sp³-hybridized carbons (Fsp3) is 0.238. The summed E-state index contributed by atoms with van der Waals surface area (Å²) in [6.07, 6.45) is 0.710. The predicted octanol–water partition coefficient (Wildman–Crippen LogP) is 4.16. The molecule has 2 N–H and O–H groups in total. The summed E-state index contributed by atoms with van der Waals surface area (Å²) in [5, 5.41) is 8.13. The first-order chi connectivity index (χ1) is 13.5. The Morgan fingerprint density at radius 3 is 2.64 bits per heavy atom. The molecule has 0 radical (unpaired) electrons. The van der Waals surface area contributed by atoms with Crippen molar-refractivity contribution in [3.63, 3.8) is 0 Å². The molecule has 2 aromatic carbocycles. The first kappa shape index (κ1) is 20.3. The number of carbonyl (C=O) groups excluding carboxylic acids is 2. The number of halogens is 1. The summed E-state index contributed by atoms with van der Waals surface area (Å²) >= 11 is 7.42. The van der Waals surface area contributed by atoms with Gasteiger partial charge in [0.1, 0.15) is 0 Å². The third-order valence-electron chi connectivity index (χ3n) is 4.23. The Hall–Kier alpha value is -2.44. The Morgan fingerprint density at radius 2 is 1.93 bits per heavy atom. The van der Waals surface area contributed by atoms with Crippen molar-refractivity contribution in [3.05, 3.63) is 75.3 Å². The largest absolute Gasteiger partial charge is 0.487 e. The number of ether oxygens (including phenoxy) is 1. The smallest absolute Gasteiger partial charge is 0.291 e. The van der Waals surface area contributed by atoms with Crippen LogP contribution < -0.4 is 10.6 Å². The summed E-state index contributed by atoms with van der Waals surface area (Å²) < 4.78 is 5.37. The van der Waals surface area contributed by atoms with Crippen LogP contribution >= 0.6 is 23.4 Å². The van der Waals surface area contributed by atoms with Crippen molar-refractivity contribution in [1.29, 1.82) is 0 Å². The molecule has 0 aliphatic carbocycles. The van der Waals surface area contributed by atoms with E-state index in [1.807, 2.05) is 37.3 Å². The van der Waals surface area contributed by atoms with E-state index in [1.54, 1.807) is 29.3 Å². The van der Waals surface area contributed by atoms with Crippen LogP contribution in [0, 0.1) is 6.92 Å². The SMILES string of the molecule is Cc1ccc(C(=O)NCCc2ccc(Cl)cc2)cc1NC(=O)C1=CSCCO1. The molecule has 1 aliphatic rings. The lowest BCUT2D eigenvalue weighted by molar-refractivity contribution is -0.116. The second kappa shape index (κ2) is 9.66. The molecule has 1 heterocycles. The molecule has 28 heavy (non-hydrogen) atoms. The van der Waals surface area contributed by atoms with Gasteiger partial charge in [0, 0.05) is 34.0 Å². The van der Waals surface area contributed by atoms with Crippen molar-refractivity contribution in [2.24, 2.45) is 0 Å². The molecule has 0 bridgehead atoms. The molecule has 0 saturated heterocycles. The first-order valence-corrected chi connectivity index (χ1v) is 10.3. The zero-order valence-electron chi connectivity index (χ0n) is 15.5. The minimum atomic E-state index is -0.310. The molecule has 0 spiro atoms. The lowest BCUT2D eigenvalue weighted by Gasteiger charge is -2.15. The number of benzene rings is 2. The number of carbonyl (C=O) groups is 2. The van der Waals surface area contributed by atoms with Crippen LogP contribution in [0.1, 0.15) is 21.5 Å². The summed E-state index contributed by atoms with van der Waals surface area (Å²) in [4.78, 5) is 24.8. The fourth-order valence-corrected chi connectivity index (χ4v) is 3.39. The van der Waals surface area contributed by atoms with E-state index in [-0.39, 0.29) is 11.8 Å². The number of thioether (sulfide) groups is 1. The number of aryl methyl sites for hydroxylation is 1. The van der Waals surface area contributed by atoms with E-state index in [1.165, 1.54) is 0 Å². The predicted molar refractivity (Wildman–Crippen MR) is 114 cm³/mol. The topological polar surface area (TPSA) is 67.4 Å². The Balaban J connectivity index is 1.59. The van der Waals surface area contributed by atoms with Gasteiger partial charge in [0.05, 0.1) is 6.61 Å². The molecule has 0 atom stereocenters. The van der Waals surface area contributed by atoms with Crippen molar-refractivity contribution in [1.82, 2.24) is 5.32 Å². The number of amides is 2. The normalized spacial score (nSPS) is 13.3. The molecular formula is C21H21ClN2O3S. The van der Waals surface area contributed by atoms with Crippen LogP contribution in [0.15, 0.2) is 53.6 Å². The van der Waals surface area contributed by atoms with Gasteiger partial charge in [-0.1, -0.05) is 29.8 Å². The van der Waals surface area contributed by atoms with E-state index in [2.05, 4.69) is 10.6 Å². The molecule has 5 nitrogen and oxygen atoms in total. The molecule has 0 aromatic heterocycles. The second-order valence-electron chi connectivity index (χ2n) is 6.32. The van der Waals surface area contributed by atoms with Gasteiger partial charge in [-0.2, -0.15) is 0 Å². The van der Waals surface area contributed by atoms with E-state index < -0.39 is 0 Å². The van der Waals surface area contributed by atoms with E-state index >= 15 is 0 Å². The monoisotopic (exact) mass is 416 g/mol. The molecule has 2 aromatic rings. The molecule has 7 heteroatoms. The number of anilines is 1. The Bertz CT molecular complexity index is 897. The first-order valence-electron chi connectivity index (χ1n) is 8.92. The summed E-state index contributed by atoms with van der Waals surface area (Å²) in [5.74, 6) is 0.638. The van der Waals surface area contributed by atoms with Crippen LogP contribution in [0.4, 0.5) is 5.69 Å². The molecule has 0 saturated carbocycles. The highest BCUT2D eigenvalue weighted by Gasteiger charge is 2.16. The number of hydrogen-bond donors (Lipinski definition) is 2. The summed E-state index contributed by atoms with van der Waals surface area (Å²) in [5.41, 5.74) is 3.05. The van der Waals surface area contributed by atoms with Crippen LogP contribution in [-0.2, 0) is 16.0 Å². The van der Waals surface area contributed by atoms with E-state index in [0.717, 1.165) is 16.9 Å². The standard InChI is InChI=1S/C21H21ClN2O3S/c1-14-2-5-16(12-18(14)24-21(26)19-13-28-11-10-27-19)20(25)23-9-8-15-3-6-17(22)7-4-15/h2-7,12-13H,8-11H2,1H3,(H,23,25)(H,24,26). The van der Waals surface area contributed by atoms with E-state index in [0.29, 0.717) is 41.6 Å². The van der Waals surface area contributed by atoms with E-state index in [9.17, 15) is 9.59 Å². The van der Waals surface area contributed by atoms with Crippen LogP contribution in [0.2, 0.25) is 5.02 Å². The minimum absolute atomic E-state index is 0.187. The van der Waals surface area contributed by atoms with Gasteiger partial charge in [0.25, 0.3) is 11.8 Å². The highest BCUT2D eigenvalue weighted by Crippen LogP contribution is 2.20. The number of hydrogen-bond acceptors (Lipinski definition) is 4. The Morgan fingerprint density at radius 1 is 1.14 bits per heavy atom. The van der Waals surface area contributed by atoms with Crippen LogP contribution in [0.25, 0.3) is 0 Å². The molecular weight excluding hydrogens is 396 g/mol. The van der Waals surface area contributed by atoms with Crippen LogP contribution in [0.5, 0.6) is 0 Å². The minimum Gasteiger partial charge on any atom is -0.487 e. The zero-order valence-corrected chi connectivity index (χ0v) is 17.0. The number of nitrogens with one attached hydrogen (secondary N) is 2. The average molecular weight is 417 g/mol. The Kier molecular flexibility index (Phi) is 7.01. The quantitative estimate of drug-likeness (QED) is 0.741. The highest BCUT2D eigenvalue weighted by molar-refractivity contribution is 8.02. The summed E-state index contributed by atoms with van der Waals surface area (Å²) in [7, 11) is 0. The van der Waals surface area contributed by atoms with Gasteiger partial charge in [-0.15, -0.1) is 11.8 Å². The van der Waals surface area contributed by atoms with Gasteiger partial charge in [-0.25, -0.2) is 0 Å². The molecule has 0 unspecified atom stereocenters. The van der Waals surface area contributed by atoms with Crippen LogP contribution in [-0.4, -0.2) is 30.7 Å². The van der Waals surface area contributed by atoms with Crippen molar-refractivity contribution < 1.29 is 14.3 Å². The maximum absolute atomic E-state index is 12.5. The Labute approximate surface area is 173 Å². The lowest BCUT2D eigenvalue weighted by Crippen LogP contribution is -2.26. The number of rotatable bonds is 6. The van der Waals surface area contributed by atoms with Gasteiger partial charge in [0.15, 0.2) is 5.76 Å². The third-order valence-corrected chi connectivity index (χ3v) is 5.27. The van der Waals surface area contributed by atoms with Crippen molar-refractivity contribution in [2.45, 2.75) is 13.3 Å². The van der Waals surface area contributed by atoms with Crippen molar-refractivity contribution in [2.75, 3.05) is 24.2 Å². The second-order valence-corrected chi connectivity index (χ2v) is 7.73. The van der Waals surface area contributed by atoms with Crippen LogP contribution in [0.3, 0.4) is 0 Å². The van der Waals surface area contributed by atoms with Crippen molar-refractivity contribution >= 4 is 40.9 Å². The summed E-state index contributed by atoms with van der Waals surface area (Å²) in [6.45, 7) is 2.90. The van der Waals surface area contributed by atoms with Gasteiger partial charge in [0.2, 0.25) is 0 Å². The molecule has 3 rings (SSSR count). The van der Waals surface area contributed by atoms with E-state index in [4.69, 9.17) is 16.3 Å². The third kappa shape index (κ3) is 5.53. The molecule has 0 fully saturated rings. The molecule has 1 aliphatic heterocycles. The maximum atomic E-state index is 12.5. The van der Waals surface area contributed by atoms with Gasteiger partial charge in [-0.05, 0) is 48.7 Å². The zero-order chi connectivity index (χ0) is 19.9. The van der Waals surface area contributed by atoms with Gasteiger partial charge < -0.3 is 15.4 Å². The lowest BCUT2D eigenvalue weighted by atomic mass is 10.1. The fourth-order valence-electron chi connectivity index (χ4n) is 2.64. The highest BCUT2D eigenvalue weighted by atomic mass is 35.5. The van der Waals surface area contributed by atoms with Gasteiger partial charge in [-0.3, -0.25) is 9.59 Å². The van der Waals surface area contributed by atoms with Gasteiger partial charge >= 0.3 is 0 Å². The molecule has 146 valence electrons. The summed E-state index contributed by atoms with van der Waals surface area (Å²) in [6, 6.07) is 12.8. The maximum Gasteiger partial charge on any atom is 0.291 e.